The number of nitriles is 1. The van der Waals surface area contributed by atoms with E-state index in [1.807, 2.05) is 11.6 Å². The zero-order valence-electron chi connectivity index (χ0n) is 10.1. The predicted octanol–water partition coefficient (Wildman–Crippen LogP) is 1.56. The third-order valence-electron chi connectivity index (χ3n) is 3.57. The van der Waals surface area contributed by atoms with Crippen LogP contribution in [0, 0.1) is 11.3 Å². The van der Waals surface area contributed by atoms with Gasteiger partial charge in [-0.1, -0.05) is 18.6 Å². The molecular formula is C12H18N4O. The minimum Gasteiger partial charge on any atom is -0.394 e. The highest BCUT2D eigenvalue weighted by Crippen LogP contribution is 2.38. The molecule has 1 aromatic rings. The number of aliphatic hydroxyl groups excluding tert-OH is 1. The van der Waals surface area contributed by atoms with Crippen molar-refractivity contribution in [2.45, 2.75) is 51.0 Å². The van der Waals surface area contributed by atoms with Crippen LogP contribution in [0.5, 0.6) is 0 Å². The number of nitrogens with zero attached hydrogens (tertiary/aromatic N) is 4. The van der Waals surface area contributed by atoms with E-state index in [1.54, 1.807) is 0 Å². The van der Waals surface area contributed by atoms with E-state index in [1.165, 1.54) is 6.42 Å². The molecule has 1 aliphatic rings. The van der Waals surface area contributed by atoms with Gasteiger partial charge in [0.1, 0.15) is 5.69 Å². The van der Waals surface area contributed by atoms with Gasteiger partial charge in [-0.25, -0.2) is 4.68 Å². The molecule has 1 heterocycles. The Labute approximate surface area is 101 Å². The summed E-state index contributed by atoms with van der Waals surface area (Å²) in [4.78, 5) is 0. The zero-order valence-corrected chi connectivity index (χ0v) is 10.1. The molecule has 0 aliphatic heterocycles. The summed E-state index contributed by atoms with van der Waals surface area (Å²) in [7, 11) is 0. The number of aromatic nitrogens is 3. The van der Waals surface area contributed by atoms with Crippen LogP contribution in [0.4, 0.5) is 0 Å². The van der Waals surface area contributed by atoms with Crippen molar-refractivity contribution >= 4 is 0 Å². The van der Waals surface area contributed by atoms with Crippen LogP contribution in [0.15, 0.2) is 0 Å². The minimum absolute atomic E-state index is 0.00876. The van der Waals surface area contributed by atoms with Crippen molar-refractivity contribution in [1.29, 1.82) is 5.26 Å². The number of rotatable bonds is 5. The van der Waals surface area contributed by atoms with E-state index in [9.17, 15) is 5.11 Å². The number of hydrogen-bond donors (Lipinski definition) is 1. The molecular weight excluding hydrogens is 216 g/mol. The van der Waals surface area contributed by atoms with E-state index in [0.29, 0.717) is 12.3 Å². The lowest BCUT2D eigenvalue weighted by atomic mass is 9.81. The summed E-state index contributed by atoms with van der Waals surface area (Å²) in [5.41, 5.74) is 1.88. The van der Waals surface area contributed by atoms with Gasteiger partial charge in [0, 0.05) is 5.92 Å². The molecule has 0 spiro atoms. The lowest BCUT2D eigenvalue weighted by Gasteiger charge is -2.28. The van der Waals surface area contributed by atoms with Crippen molar-refractivity contribution < 1.29 is 5.11 Å². The van der Waals surface area contributed by atoms with E-state index in [0.717, 1.165) is 30.7 Å². The molecule has 1 saturated carbocycles. The topological polar surface area (TPSA) is 74.7 Å². The van der Waals surface area contributed by atoms with Crippen molar-refractivity contribution in [1.82, 2.24) is 15.0 Å². The maximum Gasteiger partial charge on any atom is 0.100 e. The molecule has 0 aromatic carbocycles. The second-order valence-corrected chi connectivity index (χ2v) is 4.57. The van der Waals surface area contributed by atoms with Crippen molar-refractivity contribution in [3.05, 3.63) is 11.4 Å². The van der Waals surface area contributed by atoms with E-state index in [2.05, 4.69) is 16.4 Å². The van der Waals surface area contributed by atoms with Crippen LogP contribution in [0.25, 0.3) is 0 Å². The van der Waals surface area contributed by atoms with Crippen LogP contribution < -0.4 is 0 Å². The molecule has 1 aliphatic carbocycles. The summed E-state index contributed by atoms with van der Waals surface area (Å²) in [6.07, 6.45) is 4.67. The average Bonchev–Trinajstić information content (AvgIpc) is 2.64. The van der Waals surface area contributed by atoms with Gasteiger partial charge < -0.3 is 5.11 Å². The summed E-state index contributed by atoms with van der Waals surface area (Å²) >= 11 is 0. The van der Waals surface area contributed by atoms with Crippen LogP contribution in [0.3, 0.4) is 0 Å². The van der Waals surface area contributed by atoms with Crippen molar-refractivity contribution in [2.75, 3.05) is 6.61 Å². The summed E-state index contributed by atoms with van der Waals surface area (Å²) in [6.45, 7) is 2.10. The van der Waals surface area contributed by atoms with Gasteiger partial charge in [0.05, 0.1) is 30.8 Å². The second kappa shape index (κ2) is 5.28. The highest BCUT2D eigenvalue weighted by molar-refractivity contribution is 5.21. The van der Waals surface area contributed by atoms with Crippen LogP contribution in [-0.4, -0.2) is 26.7 Å². The largest absolute Gasteiger partial charge is 0.394 e. The molecule has 1 unspecified atom stereocenters. The van der Waals surface area contributed by atoms with Crippen LogP contribution in [0.2, 0.25) is 0 Å². The summed E-state index contributed by atoms with van der Waals surface area (Å²) in [5.74, 6) is 0.481. The molecule has 17 heavy (non-hydrogen) atoms. The maximum absolute atomic E-state index is 9.36. The van der Waals surface area contributed by atoms with Crippen LogP contribution in [-0.2, 0) is 6.42 Å². The molecule has 0 radical (unpaired) electrons. The van der Waals surface area contributed by atoms with Gasteiger partial charge in [0.2, 0.25) is 0 Å². The fourth-order valence-corrected chi connectivity index (χ4v) is 2.29. The summed E-state index contributed by atoms with van der Waals surface area (Å²) in [6, 6.07) is 2.13. The Kier molecular flexibility index (Phi) is 3.75. The van der Waals surface area contributed by atoms with Gasteiger partial charge in [-0.05, 0) is 19.3 Å². The molecule has 1 aromatic heterocycles. The van der Waals surface area contributed by atoms with Crippen molar-refractivity contribution in [3.8, 4) is 6.07 Å². The van der Waals surface area contributed by atoms with E-state index in [4.69, 9.17) is 5.26 Å². The third-order valence-corrected chi connectivity index (χ3v) is 3.57. The lowest BCUT2D eigenvalue weighted by molar-refractivity contribution is 0.205. The maximum atomic E-state index is 9.36. The first-order valence-electron chi connectivity index (χ1n) is 6.23. The van der Waals surface area contributed by atoms with Gasteiger partial charge in [-0.15, -0.1) is 5.10 Å². The first-order valence-corrected chi connectivity index (χ1v) is 6.23. The van der Waals surface area contributed by atoms with Gasteiger partial charge in [-0.2, -0.15) is 5.26 Å². The monoisotopic (exact) mass is 234 g/mol. The summed E-state index contributed by atoms with van der Waals surface area (Å²) in [5, 5.41) is 26.4. The van der Waals surface area contributed by atoms with Gasteiger partial charge in [0.25, 0.3) is 0 Å². The Hall–Kier alpha value is -1.41. The molecule has 0 bridgehead atoms. The average molecular weight is 234 g/mol. The normalized spacial score (nSPS) is 17.5. The number of hydrogen-bond acceptors (Lipinski definition) is 4. The lowest BCUT2D eigenvalue weighted by Crippen LogP contribution is -2.22. The Balaban J connectivity index is 2.34. The Bertz CT molecular complexity index is 413. The third kappa shape index (κ3) is 2.18. The Morgan fingerprint density at radius 1 is 1.59 bits per heavy atom. The minimum atomic E-state index is -0.00876. The first-order chi connectivity index (χ1) is 8.31. The second-order valence-electron chi connectivity index (χ2n) is 4.57. The Morgan fingerprint density at radius 3 is 2.82 bits per heavy atom. The van der Waals surface area contributed by atoms with E-state index in [-0.39, 0.29) is 12.6 Å². The van der Waals surface area contributed by atoms with Gasteiger partial charge in [-0.3, -0.25) is 0 Å². The summed E-state index contributed by atoms with van der Waals surface area (Å²) < 4.78 is 1.84. The molecule has 92 valence electrons. The molecule has 1 atom stereocenters. The quantitative estimate of drug-likeness (QED) is 0.838. The Morgan fingerprint density at radius 2 is 2.35 bits per heavy atom. The fraction of sp³-hybridized carbons (Fsp3) is 0.750. The molecule has 1 N–H and O–H groups in total. The first kappa shape index (κ1) is 12.1. The van der Waals surface area contributed by atoms with E-state index >= 15 is 0 Å². The molecule has 1 fully saturated rings. The SMILES string of the molecule is CCC(CO)n1nnc(CC#N)c1C1CCC1. The van der Waals surface area contributed by atoms with E-state index < -0.39 is 0 Å². The molecule has 0 amide bonds. The van der Waals surface area contributed by atoms with Gasteiger partial charge in [0.15, 0.2) is 0 Å². The van der Waals surface area contributed by atoms with Crippen molar-refractivity contribution in [3.63, 3.8) is 0 Å². The zero-order chi connectivity index (χ0) is 12.3. The van der Waals surface area contributed by atoms with Crippen molar-refractivity contribution in [2.24, 2.45) is 0 Å². The molecule has 5 heteroatoms. The van der Waals surface area contributed by atoms with Crippen LogP contribution >= 0.6 is 0 Å². The standard InChI is InChI=1S/C12H18N4O/c1-2-10(8-17)16-12(9-4-3-5-9)11(6-7-13)14-15-16/h9-10,17H,2-6,8H2,1H3. The highest BCUT2D eigenvalue weighted by Gasteiger charge is 2.29. The van der Waals surface area contributed by atoms with Crippen LogP contribution in [0.1, 0.15) is 56.0 Å². The highest BCUT2D eigenvalue weighted by atomic mass is 16.3. The predicted molar refractivity (Wildman–Crippen MR) is 62.3 cm³/mol. The molecule has 2 rings (SSSR count). The smallest absolute Gasteiger partial charge is 0.100 e. The fourth-order valence-electron chi connectivity index (χ4n) is 2.29. The number of aliphatic hydroxyl groups is 1. The van der Waals surface area contributed by atoms with Gasteiger partial charge >= 0.3 is 0 Å². The molecule has 0 saturated heterocycles. The molecule has 5 nitrogen and oxygen atoms in total.